The molecule has 2 aromatic rings. The lowest BCUT2D eigenvalue weighted by Crippen LogP contribution is -1.80. The predicted octanol–water partition coefficient (Wildman–Crippen LogP) is 4.48. The summed E-state index contributed by atoms with van der Waals surface area (Å²) in [5.41, 5.74) is 2.24. The van der Waals surface area contributed by atoms with Crippen LogP contribution in [0, 0.1) is 12.1 Å². The Bertz CT molecular complexity index is 406. The predicted molar refractivity (Wildman–Crippen MR) is 65.0 cm³/mol. The first kappa shape index (κ1) is 9.94. The highest BCUT2D eigenvalue weighted by molar-refractivity contribution is 9.11. The van der Waals surface area contributed by atoms with Crippen molar-refractivity contribution in [3.8, 4) is 11.1 Å². The summed E-state index contributed by atoms with van der Waals surface area (Å²) >= 11 is 6.95. The van der Waals surface area contributed by atoms with Gasteiger partial charge < -0.3 is 0 Å². The van der Waals surface area contributed by atoms with E-state index in [1.807, 2.05) is 24.3 Å². The molecule has 2 rings (SSSR count). The van der Waals surface area contributed by atoms with E-state index in [4.69, 9.17) is 0 Å². The van der Waals surface area contributed by atoms with Gasteiger partial charge in [0.25, 0.3) is 0 Å². The van der Waals surface area contributed by atoms with Gasteiger partial charge >= 0.3 is 0 Å². The molecule has 0 saturated heterocycles. The van der Waals surface area contributed by atoms with E-state index in [0.29, 0.717) is 0 Å². The lowest BCUT2D eigenvalue weighted by molar-refractivity contribution is 1.54. The van der Waals surface area contributed by atoms with Gasteiger partial charge in [-0.2, -0.15) is 0 Å². The Labute approximate surface area is 100 Å². The molecule has 0 saturated carbocycles. The molecule has 0 aliphatic carbocycles. The van der Waals surface area contributed by atoms with Gasteiger partial charge in [-0.15, -0.1) is 0 Å². The molecular formula is C12H6Br2. The zero-order valence-electron chi connectivity index (χ0n) is 7.22. The molecule has 0 aromatic heterocycles. The Morgan fingerprint density at radius 1 is 0.786 bits per heavy atom. The number of rotatable bonds is 1. The lowest BCUT2D eigenvalue weighted by Gasteiger charge is -2.05. The van der Waals surface area contributed by atoms with Crippen LogP contribution >= 0.6 is 31.9 Å². The fraction of sp³-hybridized carbons (Fsp3) is 0. The molecule has 0 atom stereocenters. The van der Waals surface area contributed by atoms with Gasteiger partial charge in [-0.05, 0) is 55.1 Å². The highest BCUT2D eigenvalue weighted by Crippen LogP contribution is 2.32. The molecule has 0 N–H and O–H groups in total. The fourth-order valence-electron chi connectivity index (χ4n) is 1.25. The Kier molecular flexibility index (Phi) is 3.04. The molecule has 2 aromatic carbocycles. The highest BCUT2D eigenvalue weighted by atomic mass is 79.9. The second-order valence-electron chi connectivity index (χ2n) is 2.80. The SMILES string of the molecule is Brc1[c]cccc1-c1ccc[c]c1Br. The number of benzene rings is 2. The summed E-state index contributed by atoms with van der Waals surface area (Å²) in [5.74, 6) is 0. The normalized spacial score (nSPS) is 10.1. The standard InChI is InChI=1S/C12H6Br2/c13-11-7-3-1-5-9(11)10-6-2-4-8-12(10)14/h1-6H. The quantitative estimate of drug-likeness (QED) is 0.728. The lowest BCUT2D eigenvalue weighted by atomic mass is 10.1. The zero-order valence-corrected chi connectivity index (χ0v) is 10.4. The van der Waals surface area contributed by atoms with Crippen LogP contribution in [-0.4, -0.2) is 0 Å². The van der Waals surface area contributed by atoms with Crippen LogP contribution in [0.25, 0.3) is 11.1 Å². The molecule has 0 unspecified atom stereocenters. The van der Waals surface area contributed by atoms with Gasteiger partial charge in [-0.25, -0.2) is 0 Å². The maximum absolute atomic E-state index is 3.48. The Morgan fingerprint density at radius 2 is 1.21 bits per heavy atom. The van der Waals surface area contributed by atoms with Crippen LogP contribution in [0.2, 0.25) is 0 Å². The fourth-order valence-corrected chi connectivity index (χ4v) is 2.20. The van der Waals surface area contributed by atoms with E-state index >= 15 is 0 Å². The average Bonchev–Trinajstić information content (AvgIpc) is 2.20. The van der Waals surface area contributed by atoms with Gasteiger partial charge in [0, 0.05) is 8.95 Å². The maximum atomic E-state index is 3.48. The molecule has 0 aliphatic rings. The summed E-state index contributed by atoms with van der Waals surface area (Å²) in [4.78, 5) is 0. The van der Waals surface area contributed by atoms with Crippen molar-refractivity contribution in [1.82, 2.24) is 0 Å². The van der Waals surface area contributed by atoms with Crippen LogP contribution in [0.1, 0.15) is 0 Å². The van der Waals surface area contributed by atoms with Gasteiger partial charge in [0.05, 0.1) is 0 Å². The van der Waals surface area contributed by atoms with Gasteiger partial charge in [-0.3, -0.25) is 0 Å². The smallest absolute Gasteiger partial charge is 0.0332 e. The number of hydrogen-bond donors (Lipinski definition) is 0. The van der Waals surface area contributed by atoms with Crippen LogP contribution < -0.4 is 0 Å². The highest BCUT2D eigenvalue weighted by Gasteiger charge is 2.04. The molecule has 0 bridgehead atoms. The van der Waals surface area contributed by atoms with Gasteiger partial charge in [0.15, 0.2) is 0 Å². The number of halogens is 2. The average molecular weight is 310 g/mol. The molecule has 0 spiro atoms. The van der Waals surface area contributed by atoms with Crippen molar-refractivity contribution in [2.75, 3.05) is 0 Å². The van der Waals surface area contributed by atoms with E-state index in [1.54, 1.807) is 0 Å². The summed E-state index contributed by atoms with van der Waals surface area (Å²) in [7, 11) is 0. The maximum Gasteiger partial charge on any atom is 0.0332 e. The minimum atomic E-state index is 0.973. The molecular weight excluding hydrogens is 304 g/mol. The van der Waals surface area contributed by atoms with E-state index in [-0.39, 0.29) is 0 Å². The first-order valence-corrected chi connectivity index (χ1v) is 5.70. The molecule has 0 fully saturated rings. The van der Waals surface area contributed by atoms with Crippen LogP contribution in [0.15, 0.2) is 45.3 Å². The van der Waals surface area contributed by atoms with Gasteiger partial charge in [0.2, 0.25) is 0 Å². The van der Waals surface area contributed by atoms with Crippen molar-refractivity contribution in [3.63, 3.8) is 0 Å². The Morgan fingerprint density at radius 3 is 1.57 bits per heavy atom. The summed E-state index contributed by atoms with van der Waals surface area (Å²) in [6.07, 6.45) is 0. The van der Waals surface area contributed by atoms with Gasteiger partial charge in [-0.1, -0.05) is 36.4 Å². The molecule has 0 heterocycles. The topological polar surface area (TPSA) is 0 Å². The molecule has 0 aliphatic heterocycles. The minimum Gasteiger partial charge on any atom is -0.0610 e. The third-order valence-corrected chi connectivity index (χ3v) is 3.21. The molecule has 2 heteroatoms. The van der Waals surface area contributed by atoms with E-state index in [2.05, 4.69) is 56.1 Å². The van der Waals surface area contributed by atoms with E-state index in [1.165, 1.54) is 0 Å². The van der Waals surface area contributed by atoms with Crippen molar-refractivity contribution < 1.29 is 0 Å². The molecule has 14 heavy (non-hydrogen) atoms. The molecule has 0 nitrogen and oxygen atoms in total. The monoisotopic (exact) mass is 308 g/mol. The van der Waals surface area contributed by atoms with Crippen molar-refractivity contribution >= 4 is 31.9 Å². The van der Waals surface area contributed by atoms with E-state index < -0.39 is 0 Å². The van der Waals surface area contributed by atoms with Crippen molar-refractivity contribution in [3.05, 3.63) is 57.5 Å². The second-order valence-corrected chi connectivity index (χ2v) is 4.38. The first-order valence-electron chi connectivity index (χ1n) is 4.12. The molecule has 0 amide bonds. The summed E-state index contributed by atoms with van der Waals surface area (Å²) < 4.78 is 1.95. The summed E-state index contributed by atoms with van der Waals surface area (Å²) in [6.45, 7) is 0. The van der Waals surface area contributed by atoms with E-state index in [0.717, 1.165) is 20.1 Å². The molecule has 2 radical (unpaired) electrons. The first-order chi connectivity index (χ1) is 6.79. The van der Waals surface area contributed by atoms with Crippen LogP contribution in [0.4, 0.5) is 0 Å². The third kappa shape index (κ3) is 1.91. The zero-order chi connectivity index (χ0) is 9.97. The Hall–Kier alpha value is -0.600. The van der Waals surface area contributed by atoms with Crippen LogP contribution in [0.3, 0.4) is 0 Å². The Balaban J connectivity index is 2.61. The molecule has 68 valence electrons. The van der Waals surface area contributed by atoms with Crippen molar-refractivity contribution in [1.29, 1.82) is 0 Å². The minimum absolute atomic E-state index is 0.973. The van der Waals surface area contributed by atoms with Crippen molar-refractivity contribution in [2.45, 2.75) is 0 Å². The second kappa shape index (κ2) is 4.28. The van der Waals surface area contributed by atoms with Crippen LogP contribution in [0.5, 0.6) is 0 Å². The third-order valence-electron chi connectivity index (χ3n) is 1.90. The van der Waals surface area contributed by atoms with E-state index in [9.17, 15) is 0 Å². The van der Waals surface area contributed by atoms with Crippen molar-refractivity contribution in [2.24, 2.45) is 0 Å². The largest absolute Gasteiger partial charge is 0.0610 e. The van der Waals surface area contributed by atoms with Crippen LogP contribution in [-0.2, 0) is 0 Å². The summed E-state index contributed by atoms with van der Waals surface area (Å²) in [5, 5.41) is 0. The summed E-state index contributed by atoms with van der Waals surface area (Å²) in [6, 6.07) is 18.0. The number of hydrogen-bond acceptors (Lipinski definition) is 0. The van der Waals surface area contributed by atoms with Gasteiger partial charge in [0.1, 0.15) is 0 Å².